The smallest absolute Gasteiger partial charge is 0.305 e. The number of carboxylic acid groups (broad SMARTS) is 1. The van der Waals surface area contributed by atoms with Gasteiger partial charge in [0.2, 0.25) is 5.91 Å². The topological polar surface area (TPSA) is 78.4 Å². The highest BCUT2D eigenvalue weighted by atomic mass is 16.4. The van der Waals surface area contributed by atoms with E-state index in [9.17, 15) is 9.59 Å². The van der Waals surface area contributed by atoms with Crippen molar-refractivity contribution < 1.29 is 14.7 Å². The van der Waals surface area contributed by atoms with E-state index in [0.29, 0.717) is 6.54 Å². The lowest BCUT2D eigenvalue weighted by molar-refractivity contribution is -0.138. The maximum Gasteiger partial charge on any atom is 0.305 e. The maximum absolute atomic E-state index is 12.3. The molecule has 20 heavy (non-hydrogen) atoms. The van der Waals surface area contributed by atoms with Gasteiger partial charge in [-0.25, -0.2) is 0 Å². The fraction of sp³-hybridized carbons (Fsp3) is 0.467. The van der Waals surface area contributed by atoms with Crippen molar-refractivity contribution in [3.8, 4) is 0 Å². The third-order valence-electron chi connectivity index (χ3n) is 3.75. The predicted molar refractivity (Wildman–Crippen MR) is 75.1 cm³/mol. The van der Waals surface area contributed by atoms with Gasteiger partial charge in [-0.1, -0.05) is 37.3 Å². The highest BCUT2D eigenvalue weighted by Crippen LogP contribution is 2.21. The van der Waals surface area contributed by atoms with Crippen molar-refractivity contribution in [1.29, 1.82) is 0 Å². The monoisotopic (exact) mass is 276 g/mol. The van der Waals surface area contributed by atoms with Crippen molar-refractivity contribution >= 4 is 11.9 Å². The summed E-state index contributed by atoms with van der Waals surface area (Å²) in [7, 11) is 0. The molecule has 0 aromatic heterocycles. The first kappa shape index (κ1) is 14.5. The molecule has 1 amide bonds. The van der Waals surface area contributed by atoms with Crippen LogP contribution in [-0.4, -0.2) is 30.1 Å². The SMILES string of the molecule is CC1CNCC1C(=O)NC(CC(=O)O)c1ccccc1. The Morgan fingerprint density at radius 1 is 1.35 bits per heavy atom. The molecule has 0 radical (unpaired) electrons. The number of rotatable bonds is 5. The number of nitrogens with one attached hydrogen (secondary N) is 2. The van der Waals surface area contributed by atoms with Crippen LogP contribution >= 0.6 is 0 Å². The van der Waals surface area contributed by atoms with E-state index in [4.69, 9.17) is 5.11 Å². The molecule has 3 atom stereocenters. The zero-order valence-corrected chi connectivity index (χ0v) is 11.5. The van der Waals surface area contributed by atoms with E-state index in [2.05, 4.69) is 10.6 Å². The molecule has 0 saturated carbocycles. The Bertz CT molecular complexity index is 475. The van der Waals surface area contributed by atoms with Crippen LogP contribution in [0.3, 0.4) is 0 Å². The van der Waals surface area contributed by atoms with Gasteiger partial charge in [-0.05, 0) is 18.0 Å². The minimum Gasteiger partial charge on any atom is -0.481 e. The van der Waals surface area contributed by atoms with E-state index >= 15 is 0 Å². The number of amides is 1. The molecule has 0 bridgehead atoms. The van der Waals surface area contributed by atoms with Crippen molar-refractivity contribution in [2.75, 3.05) is 13.1 Å². The molecule has 1 aliphatic rings. The number of hydrogen-bond acceptors (Lipinski definition) is 3. The van der Waals surface area contributed by atoms with Gasteiger partial charge >= 0.3 is 5.97 Å². The molecule has 1 heterocycles. The van der Waals surface area contributed by atoms with Gasteiger partial charge in [0.15, 0.2) is 0 Å². The Hall–Kier alpha value is -1.88. The number of benzene rings is 1. The van der Waals surface area contributed by atoms with Gasteiger partial charge in [0.05, 0.1) is 18.4 Å². The summed E-state index contributed by atoms with van der Waals surface area (Å²) >= 11 is 0. The number of carbonyl (C=O) groups is 2. The summed E-state index contributed by atoms with van der Waals surface area (Å²) in [5.74, 6) is -0.805. The van der Waals surface area contributed by atoms with Crippen molar-refractivity contribution in [2.24, 2.45) is 11.8 Å². The van der Waals surface area contributed by atoms with Gasteiger partial charge in [-0.2, -0.15) is 0 Å². The van der Waals surface area contributed by atoms with E-state index in [1.165, 1.54) is 0 Å². The molecule has 0 spiro atoms. The lowest BCUT2D eigenvalue weighted by atomic mass is 9.95. The Kier molecular flexibility index (Phi) is 4.74. The summed E-state index contributed by atoms with van der Waals surface area (Å²) in [6, 6.07) is 8.75. The molecule has 3 N–H and O–H groups in total. The second-order valence-corrected chi connectivity index (χ2v) is 5.31. The first-order valence-electron chi connectivity index (χ1n) is 6.85. The molecular weight excluding hydrogens is 256 g/mol. The van der Waals surface area contributed by atoms with Crippen LogP contribution in [0.5, 0.6) is 0 Å². The van der Waals surface area contributed by atoms with Crippen LogP contribution in [0.25, 0.3) is 0 Å². The minimum atomic E-state index is -0.920. The van der Waals surface area contributed by atoms with E-state index in [-0.39, 0.29) is 24.2 Å². The molecule has 5 nitrogen and oxygen atoms in total. The Balaban J connectivity index is 2.08. The summed E-state index contributed by atoms with van der Waals surface area (Å²) in [5.41, 5.74) is 0.821. The Morgan fingerprint density at radius 3 is 2.60 bits per heavy atom. The van der Waals surface area contributed by atoms with Gasteiger partial charge in [0.25, 0.3) is 0 Å². The third kappa shape index (κ3) is 3.57. The van der Waals surface area contributed by atoms with Gasteiger partial charge in [0, 0.05) is 6.54 Å². The van der Waals surface area contributed by atoms with E-state index in [1.54, 1.807) is 0 Å². The van der Waals surface area contributed by atoms with Gasteiger partial charge in [-0.15, -0.1) is 0 Å². The number of hydrogen-bond donors (Lipinski definition) is 3. The molecule has 3 unspecified atom stereocenters. The van der Waals surface area contributed by atoms with Crippen LogP contribution < -0.4 is 10.6 Å². The summed E-state index contributed by atoms with van der Waals surface area (Å²) in [5, 5.41) is 15.1. The van der Waals surface area contributed by atoms with Crippen molar-refractivity contribution in [1.82, 2.24) is 10.6 Å². The fourth-order valence-corrected chi connectivity index (χ4v) is 2.55. The van der Waals surface area contributed by atoms with Crippen molar-refractivity contribution in [3.05, 3.63) is 35.9 Å². The Labute approximate surface area is 118 Å². The molecule has 1 aromatic rings. The number of carboxylic acids is 1. The zero-order chi connectivity index (χ0) is 14.5. The molecule has 1 saturated heterocycles. The van der Waals surface area contributed by atoms with Crippen LogP contribution in [-0.2, 0) is 9.59 Å². The average molecular weight is 276 g/mol. The summed E-state index contributed by atoms with van der Waals surface area (Å²) in [4.78, 5) is 23.3. The maximum atomic E-state index is 12.3. The molecule has 0 aliphatic carbocycles. The second-order valence-electron chi connectivity index (χ2n) is 5.31. The Morgan fingerprint density at radius 2 is 2.05 bits per heavy atom. The molecule has 108 valence electrons. The third-order valence-corrected chi connectivity index (χ3v) is 3.75. The standard InChI is InChI=1S/C15H20N2O3/c1-10-8-16-9-12(10)15(20)17-13(7-14(18)19)11-5-3-2-4-6-11/h2-6,10,12-13,16H,7-9H2,1H3,(H,17,20)(H,18,19). The molecule has 1 fully saturated rings. The van der Waals surface area contributed by atoms with Crippen LogP contribution in [0.2, 0.25) is 0 Å². The van der Waals surface area contributed by atoms with Crippen LogP contribution in [0, 0.1) is 11.8 Å². The van der Waals surface area contributed by atoms with E-state index in [1.807, 2.05) is 37.3 Å². The average Bonchev–Trinajstić information content (AvgIpc) is 2.85. The number of carbonyl (C=O) groups excluding carboxylic acids is 1. The van der Waals surface area contributed by atoms with Gasteiger partial charge < -0.3 is 15.7 Å². The van der Waals surface area contributed by atoms with E-state index < -0.39 is 12.0 Å². The van der Waals surface area contributed by atoms with Crippen LogP contribution in [0.15, 0.2) is 30.3 Å². The summed E-state index contributed by atoms with van der Waals surface area (Å²) in [6.45, 7) is 3.51. The summed E-state index contributed by atoms with van der Waals surface area (Å²) < 4.78 is 0. The quantitative estimate of drug-likeness (QED) is 0.754. The molecule has 1 aliphatic heterocycles. The first-order chi connectivity index (χ1) is 9.58. The highest BCUT2D eigenvalue weighted by molar-refractivity contribution is 5.81. The zero-order valence-electron chi connectivity index (χ0n) is 11.5. The van der Waals surface area contributed by atoms with Crippen molar-refractivity contribution in [3.63, 3.8) is 0 Å². The summed E-state index contributed by atoms with van der Waals surface area (Å²) in [6.07, 6.45) is -0.107. The van der Waals surface area contributed by atoms with E-state index in [0.717, 1.165) is 12.1 Å². The molecule has 2 rings (SSSR count). The molecule has 1 aromatic carbocycles. The second kappa shape index (κ2) is 6.52. The molecule has 5 heteroatoms. The lowest BCUT2D eigenvalue weighted by Gasteiger charge is -2.21. The van der Waals surface area contributed by atoms with Crippen LogP contribution in [0.4, 0.5) is 0 Å². The largest absolute Gasteiger partial charge is 0.481 e. The first-order valence-corrected chi connectivity index (χ1v) is 6.85. The number of aliphatic carboxylic acids is 1. The highest BCUT2D eigenvalue weighted by Gasteiger charge is 2.31. The van der Waals surface area contributed by atoms with Gasteiger partial charge in [-0.3, -0.25) is 9.59 Å². The molecular formula is C15H20N2O3. The van der Waals surface area contributed by atoms with Gasteiger partial charge in [0.1, 0.15) is 0 Å². The minimum absolute atomic E-state index is 0.0717. The lowest BCUT2D eigenvalue weighted by Crippen LogP contribution is -2.37. The predicted octanol–water partition coefficient (Wildman–Crippen LogP) is 1.17. The van der Waals surface area contributed by atoms with Crippen molar-refractivity contribution in [2.45, 2.75) is 19.4 Å². The van der Waals surface area contributed by atoms with Crippen LogP contribution in [0.1, 0.15) is 24.9 Å². The normalized spacial score (nSPS) is 23.2. The fourth-order valence-electron chi connectivity index (χ4n) is 2.55.